The topological polar surface area (TPSA) is 111 Å². The maximum Gasteiger partial charge on any atom is 0.305 e. The van der Waals surface area contributed by atoms with Crippen molar-refractivity contribution in [3.63, 3.8) is 0 Å². The first-order valence-corrected chi connectivity index (χ1v) is 9.42. The number of nitrogen functional groups attached to an aromatic ring is 1. The number of unbranched alkanes of at least 4 members (excludes halogenated alkanes) is 1. The molecule has 7 heteroatoms. The summed E-state index contributed by atoms with van der Waals surface area (Å²) in [5.41, 5.74) is 9.37. The van der Waals surface area contributed by atoms with Crippen LogP contribution in [0.1, 0.15) is 41.6 Å². The molecule has 0 fully saturated rings. The standard InChI is InChI=1S/C22H24N4O3/c1-26-18-12-11-16(19(27)5-3-4-6-20(28)29-2)13-17(18)25-22(26)15-9-7-14(8-10-15)21(23)24/h7-13H,3-6H2,1-2H3,(H3,23,24). The summed E-state index contributed by atoms with van der Waals surface area (Å²) in [6, 6.07) is 12.9. The predicted octanol–water partition coefficient (Wildman–Crippen LogP) is 3.44. The van der Waals surface area contributed by atoms with Crippen molar-refractivity contribution >= 4 is 28.6 Å². The number of ether oxygens (including phenoxy) is 1. The second-order valence-electron chi connectivity index (χ2n) is 6.90. The number of aromatic nitrogens is 2. The van der Waals surface area contributed by atoms with Gasteiger partial charge in [0.25, 0.3) is 0 Å². The molecule has 0 unspecified atom stereocenters. The number of hydrogen-bond acceptors (Lipinski definition) is 5. The number of carbonyl (C=O) groups excluding carboxylic acids is 2. The first-order chi connectivity index (χ1) is 13.9. The van der Waals surface area contributed by atoms with E-state index in [0.29, 0.717) is 36.8 Å². The average Bonchev–Trinajstić information content (AvgIpc) is 3.06. The Balaban J connectivity index is 1.77. The smallest absolute Gasteiger partial charge is 0.305 e. The number of nitrogens with zero attached hydrogens (tertiary/aromatic N) is 2. The van der Waals surface area contributed by atoms with Crippen LogP contribution in [-0.4, -0.2) is 34.2 Å². The van der Waals surface area contributed by atoms with E-state index < -0.39 is 0 Å². The molecule has 3 aromatic rings. The Kier molecular flexibility index (Phi) is 6.07. The Labute approximate surface area is 169 Å². The summed E-state index contributed by atoms with van der Waals surface area (Å²) in [7, 11) is 3.29. The fraction of sp³-hybridized carbons (Fsp3) is 0.273. The third kappa shape index (κ3) is 4.51. The van der Waals surface area contributed by atoms with E-state index in [1.165, 1.54) is 7.11 Å². The van der Waals surface area contributed by atoms with E-state index in [9.17, 15) is 9.59 Å². The molecule has 0 aliphatic heterocycles. The number of amidine groups is 1. The van der Waals surface area contributed by atoms with E-state index >= 15 is 0 Å². The molecule has 3 N–H and O–H groups in total. The van der Waals surface area contributed by atoms with Gasteiger partial charge in [0.15, 0.2) is 5.78 Å². The van der Waals surface area contributed by atoms with Crippen molar-refractivity contribution in [3.05, 3.63) is 53.6 Å². The van der Waals surface area contributed by atoms with E-state index in [4.69, 9.17) is 16.1 Å². The number of nitrogens with one attached hydrogen (secondary N) is 1. The quantitative estimate of drug-likeness (QED) is 0.201. The van der Waals surface area contributed by atoms with Crippen LogP contribution in [0.2, 0.25) is 0 Å². The molecule has 0 amide bonds. The van der Waals surface area contributed by atoms with Gasteiger partial charge in [0.1, 0.15) is 11.7 Å². The minimum absolute atomic E-state index is 0.0243. The highest BCUT2D eigenvalue weighted by Gasteiger charge is 2.13. The molecule has 29 heavy (non-hydrogen) atoms. The summed E-state index contributed by atoms with van der Waals surface area (Å²) in [6.07, 6.45) is 1.98. The Bertz CT molecular complexity index is 1070. The van der Waals surface area contributed by atoms with Crippen LogP contribution in [0.15, 0.2) is 42.5 Å². The molecule has 0 aliphatic carbocycles. The van der Waals surface area contributed by atoms with Gasteiger partial charge in [0.2, 0.25) is 0 Å². The lowest BCUT2D eigenvalue weighted by Crippen LogP contribution is -2.10. The number of rotatable bonds is 8. The molecule has 0 atom stereocenters. The molecule has 0 bridgehead atoms. The van der Waals surface area contributed by atoms with Gasteiger partial charge in [-0.2, -0.15) is 0 Å². The molecule has 2 aromatic carbocycles. The van der Waals surface area contributed by atoms with Crippen LogP contribution in [-0.2, 0) is 16.6 Å². The van der Waals surface area contributed by atoms with E-state index in [1.807, 2.05) is 41.9 Å². The summed E-state index contributed by atoms with van der Waals surface area (Å²) >= 11 is 0. The lowest BCUT2D eigenvalue weighted by Gasteiger charge is -2.04. The highest BCUT2D eigenvalue weighted by atomic mass is 16.5. The highest BCUT2D eigenvalue weighted by Crippen LogP contribution is 2.25. The largest absolute Gasteiger partial charge is 0.469 e. The number of hydrogen-bond donors (Lipinski definition) is 2. The van der Waals surface area contributed by atoms with E-state index in [-0.39, 0.29) is 17.6 Å². The number of ketones is 1. The van der Waals surface area contributed by atoms with Crippen LogP contribution in [0.4, 0.5) is 0 Å². The van der Waals surface area contributed by atoms with Crippen LogP contribution < -0.4 is 5.73 Å². The molecule has 0 saturated carbocycles. The minimum atomic E-state index is -0.254. The van der Waals surface area contributed by atoms with Gasteiger partial charge in [-0.05, 0) is 31.0 Å². The van der Waals surface area contributed by atoms with Crippen molar-refractivity contribution in [2.24, 2.45) is 12.8 Å². The predicted molar refractivity (Wildman–Crippen MR) is 112 cm³/mol. The minimum Gasteiger partial charge on any atom is -0.469 e. The molecule has 1 heterocycles. The van der Waals surface area contributed by atoms with Crippen molar-refractivity contribution in [2.45, 2.75) is 25.7 Å². The lowest BCUT2D eigenvalue weighted by atomic mass is 10.0. The number of nitrogens with two attached hydrogens (primary N) is 1. The molecule has 3 rings (SSSR count). The number of methoxy groups -OCH3 is 1. The number of aryl methyl sites for hydroxylation is 1. The van der Waals surface area contributed by atoms with E-state index in [0.717, 1.165) is 22.4 Å². The van der Waals surface area contributed by atoms with Crippen LogP contribution >= 0.6 is 0 Å². The molecule has 0 spiro atoms. The number of fused-ring (bicyclic) bond motifs is 1. The lowest BCUT2D eigenvalue weighted by molar-refractivity contribution is -0.140. The molecule has 150 valence electrons. The Hall–Kier alpha value is -3.48. The third-order valence-electron chi connectivity index (χ3n) is 4.92. The summed E-state index contributed by atoms with van der Waals surface area (Å²) in [6.45, 7) is 0. The van der Waals surface area contributed by atoms with Gasteiger partial charge in [-0.3, -0.25) is 15.0 Å². The van der Waals surface area contributed by atoms with Crippen molar-refractivity contribution in [2.75, 3.05) is 7.11 Å². The second-order valence-corrected chi connectivity index (χ2v) is 6.90. The fourth-order valence-electron chi connectivity index (χ4n) is 3.23. The highest BCUT2D eigenvalue weighted by molar-refractivity contribution is 5.99. The third-order valence-corrected chi connectivity index (χ3v) is 4.92. The average molecular weight is 392 g/mol. The summed E-state index contributed by atoms with van der Waals surface area (Å²) in [5.74, 6) is 0.583. The molecular weight excluding hydrogens is 368 g/mol. The SMILES string of the molecule is COC(=O)CCCCC(=O)c1ccc2c(c1)nc(-c1ccc(C(=N)N)cc1)n2C. The molecule has 1 aromatic heterocycles. The number of benzene rings is 2. The van der Waals surface area contributed by atoms with Crippen molar-refractivity contribution in [1.29, 1.82) is 5.41 Å². The maximum atomic E-state index is 12.5. The normalized spacial score (nSPS) is 10.8. The molecule has 0 aliphatic rings. The van der Waals surface area contributed by atoms with Crippen LogP contribution in [0, 0.1) is 5.41 Å². The first kappa shape index (κ1) is 20.3. The van der Waals surface area contributed by atoms with Gasteiger partial charge in [-0.15, -0.1) is 0 Å². The number of Topliss-reactive ketones (excluding diaryl/α,β-unsaturated/α-hetero) is 1. The van der Waals surface area contributed by atoms with Gasteiger partial charge in [-0.1, -0.05) is 24.3 Å². The van der Waals surface area contributed by atoms with Gasteiger partial charge in [-0.25, -0.2) is 4.98 Å². The first-order valence-electron chi connectivity index (χ1n) is 9.42. The second kappa shape index (κ2) is 8.68. The van der Waals surface area contributed by atoms with Crippen molar-refractivity contribution in [3.8, 4) is 11.4 Å². The fourth-order valence-corrected chi connectivity index (χ4v) is 3.23. The van der Waals surface area contributed by atoms with E-state index in [1.54, 1.807) is 12.1 Å². The van der Waals surface area contributed by atoms with E-state index in [2.05, 4.69) is 4.74 Å². The van der Waals surface area contributed by atoms with Gasteiger partial charge in [0, 0.05) is 36.6 Å². The zero-order chi connectivity index (χ0) is 21.0. The Morgan fingerprint density at radius 2 is 1.72 bits per heavy atom. The van der Waals surface area contributed by atoms with Crippen LogP contribution in [0.3, 0.4) is 0 Å². The van der Waals surface area contributed by atoms with Crippen molar-refractivity contribution in [1.82, 2.24) is 9.55 Å². The summed E-state index contributed by atoms with van der Waals surface area (Å²) < 4.78 is 6.58. The monoisotopic (exact) mass is 392 g/mol. The molecular formula is C22H24N4O3. The molecule has 0 radical (unpaired) electrons. The zero-order valence-corrected chi connectivity index (χ0v) is 16.6. The summed E-state index contributed by atoms with van der Waals surface area (Å²) in [5, 5.41) is 7.50. The van der Waals surface area contributed by atoms with Crippen LogP contribution in [0.25, 0.3) is 22.4 Å². The Morgan fingerprint density at radius 3 is 2.38 bits per heavy atom. The number of imidazole rings is 1. The van der Waals surface area contributed by atoms with Crippen LogP contribution in [0.5, 0.6) is 0 Å². The zero-order valence-electron chi connectivity index (χ0n) is 16.6. The van der Waals surface area contributed by atoms with Gasteiger partial charge >= 0.3 is 5.97 Å². The number of esters is 1. The maximum absolute atomic E-state index is 12.5. The van der Waals surface area contributed by atoms with Crippen molar-refractivity contribution < 1.29 is 14.3 Å². The molecule has 0 saturated heterocycles. The summed E-state index contributed by atoms with van der Waals surface area (Å²) in [4.78, 5) is 28.3. The van der Waals surface area contributed by atoms with Gasteiger partial charge in [0.05, 0.1) is 18.1 Å². The Morgan fingerprint density at radius 1 is 1.07 bits per heavy atom. The van der Waals surface area contributed by atoms with Gasteiger partial charge < -0.3 is 15.0 Å². The number of carbonyl (C=O) groups is 2. The molecule has 7 nitrogen and oxygen atoms in total.